The van der Waals surface area contributed by atoms with E-state index in [4.69, 9.17) is 16.1 Å². The molecule has 0 saturated carbocycles. The van der Waals surface area contributed by atoms with Gasteiger partial charge in [0.2, 0.25) is 0 Å². The largest absolute Gasteiger partial charge is 0.442 e. The van der Waals surface area contributed by atoms with Crippen LogP contribution in [0, 0.1) is 13.8 Å². The second-order valence-electron chi connectivity index (χ2n) is 6.34. The molecule has 0 radical (unpaired) electrons. The maximum Gasteiger partial charge on any atom is 0.442 e. The smallest absolute Gasteiger partial charge is 0.295 e. The molecule has 27 heavy (non-hydrogen) atoms. The maximum absolute atomic E-state index is 12.1. The Hall–Kier alpha value is -3.12. The summed E-state index contributed by atoms with van der Waals surface area (Å²) in [5.74, 6) is -0.110. The molecule has 0 N–H and O–H groups in total. The van der Waals surface area contributed by atoms with Crippen molar-refractivity contribution in [1.29, 1.82) is 0 Å². The standard InChI is InChI=1S/C20H17ClN4O2/c1-13-11-14(2)25(22-13)16-9-7-15(8-10-16)12-24-19(23-27-20(24)26)17-5-3-4-6-18(17)21/h3-11H,12H2,1-2H3. The van der Waals surface area contributed by atoms with Gasteiger partial charge in [-0.05, 0) is 49.7 Å². The van der Waals surface area contributed by atoms with E-state index < -0.39 is 5.76 Å². The summed E-state index contributed by atoms with van der Waals surface area (Å²) in [6.07, 6.45) is 0. The van der Waals surface area contributed by atoms with Crippen molar-refractivity contribution in [2.75, 3.05) is 0 Å². The predicted molar refractivity (Wildman–Crippen MR) is 103 cm³/mol. The van der Waals surface area contributed by atoms with Crippen molar-refractivity contribution in [3.05, 3.63) is 87.1 Å². The molecular weight excluding hydrogens is 364 g/mol. The van der Waals surface area contributed by atoms with Crippen LogP contribution in [-0.4, -0.2) is 19.5 Å². The minimum Gasteiger partial charge on any atom is -0.295 e. The normalized spacial score (nSPS) is 11.1. The van der Waals surface area contributed by atoms with Crippen LogP contribution in [0.2, 0.25) is 5.02 Å². The van der Waals surface area contributed by atoms with Gasteiger partial charge in [-0.1, -0.05) is 41.0 Å². The highest BCUT2D eigenvalue weighted by atomic mass is 35.5. The van der Waals surface area contributed by atoms with Gasteiger partial charge in [0.15, 0.2) is 5.82 Å². The number of aryl methyl sites for hydroxylation is 2. The lowest BCUT2D eigenvalue weighted by Crippen LogP contribution is -2.16. The van der Waals surface area contributed by atoms with Crippen molar-refractivity contribution in [3.63, 3.8) is 0 Å². The van der Waals surface area contributed by atoms with Crippen molar-refractivity contribution in [1.82, 2.24) is 19.5 Å². The molecule has 7 heteroatoms. The molecule has 0 amide bonds. The van der Waals surface area contributed by atoms with Crippen molar-refractivity contribution in [2.24, 2.45) is 0 Å². The summed E-state index contributed by atoms with van der Waals surface area (Å²) in [5.41, 5.74) is 4.60. The first-order valence-electron chi connectivity index (χ1n) is 8.47. The number of halogens is 1. The van der Waals surface area contributed by atoms with E-state index in [9.17, 15) is 4.79 Å². The zero-order chi connectivity index (χ0) is 19.0. The number of hydrogen-bond acceptors (Lipinski definition) is 4. The predicted octanol–water partition coefficient (Wildman–Crippen LogP) is 4.01. The van der Waals surface area contributed by atoms with Gasteiger partial charge >= 0.3 is 5.76 Å². The monoisotopic (exact) mass is 380 g/mol. The first kappa shape index (κ1) is 17.3. The topological polar surface area (TPSA) is 65.8 Å². The van der Waals surface area contributed by atoms with Crippen LogP contribution >= 0.6 is 11.6 Å². The highest BCUT2D eigenvalue weighted by Crippen LogP contribution is 2.25. The SMILES string of the molecule is Cc1cc(C)n(-c2ccc(Cn3c(-c4ccccc4Cl)noc3=O)cc2)n1. The number of nitrogens with zero attached hydrogens (tertiary/aromatic N) is 4. The van der Waals surface area contributed by atoms with Crippen LogP contribution in [0.25, 0.3) is 17.1 Å². The lowest BCUT2D eigenvalue weighted by atomic mass is 10.2. The van der Waals surface area contributed by atoms with Crippen LogP contribution in [0.3, 0.4) is 0 Å². The molecule has 2 aromatic heterocycles. The molecule has 0 aliphatic heterocycles. The Labute approximate surface area is 160 Å². The molecule has 0 aliphatic carbocycles. The molecular formula is C20H17ClN4O2. The fourth-order valence-electron chi connectivity index (χ4n) is 3.06. The van der Waals surface area contributed by atoms with Gasteiger partial charge in [0, 0.05) is 11.3 Å². The van der Waals surface area contributed by atoms with E-state index in [0.29, 0.717) is 23.0 Å². The second-order valence-corrected chi connectivity index (χ2v) is 6.75. The Morgan fingerprint density at radius 1 is 1.07 bits per heavy atom. The van der Waals surface area contributed by atoms with E-state index in [2.05, 4.69) is 10.3 Å². The van der Waals surface area contributed by atoms with Crippen LogP contribution < -0.4 is 5.76 Å². The average molecular weight is 381 g/mol. The fourth-order valence-corrected chi connectivity index (χ4v) is 3.28. The van der Waals surface area contributed by atoms with Gasteiger partial charge in [-0.25, -0.2) is 9.48 Å². The third-order valence-electron chi connectivity index (χ3n) is 4.33. The highest BCUT2D eigenvalue weighted by Gasteiger charge is 2.15. The van der Waals surface area contributed by atoms with Gasteiger partial charge in [-0.3, -0.25) is 9.09 Å². The zero-order valence-electron chi connectivity index (χ0n) is 14.9. The van der Waals surface area contributed by atoms with Crippen molar-refractivity contribution < 1.29 is 4.52 Å². The molecule has 4 rings (SSSR count). The summed E-state index contributed by atoms with van der Waals surface area (Å²) in [5, 5.41) is 8.90. The molecule has 0 fully saturated rings. The van der Waals surface area contributed by atoms with E-state index in [1.54, 1.807) is 6.07 Å². The van der Waals surface area contributed by atoms with E-state index in [1.807, 2.05) is 67.1 Å². The minimum atomic E-state index is -0.521. The Balaban J connectivity index is 1.66. The number of hydrogen-bond donors (Lipinski definition) is 0. The van der Waals surface area contributed by atoms with Gasteiger partial charge in [0.05, 0.1) is 22.9 Å². The average Bonchev–Trinajstić information content (AvgIpc) is 3.18. The fraction of sp³-hybridized carbons (Fsp3) is 0.150. The number of aromatic nitrogens is 4. The lowest BCUT2D eigenvalue weighted by molar-refractivity contribution is 0.378. The molecule has 2 aromatic carbocycles. The molecule has 0 unspecified atom stereocenters. The molecule has 0 bridgehead atoms. The van der Waals surface area contributed by atoms with Crippen molar-refractivity contribution >= 4 is 11.6 Å². The highest BCUT2D eigenvalue weighted by molar-refractivity contribution is 6.33. The molecule has 0 atom stereocenters. The van der Waals surface area contributed by atoms with Crippen LogP contribution in [0.4, 0.5) is 0 Å². The Morgan fingerprint density at radius 3 is 2.48 bits per heavy atom. The molecule has 0 spiro atoms. The van der Waals surface area contributed by atoms with E-state index in [-0.39, 0.29) is 0 Å². The Kier molecular flexibility index (Phi) is 4.41. The molecule has 136 valence electrons. The third kappa shape index (κ3) is 3.31. The summed E-state index contributed by atoms with van der Waals surface area (Å²) in [6.45, 7) is 4.31. The zero-order valence-corrected chi connectivity index (χ0v) is 15.6. The molecule has 0 saturated heterocycles. The lowest BCUT2D eigenvalue weighted by Gasteiger charge is -2.08. The maximum atomic E-state index is 12.1. The molecule has 4 aromatic rings. The summed E-state index contributed by atoms with van der Waals surface area (Å²) in [4.78, 5) is 12.1. The van der Waals surface area contributed by atoms with Gasteiger partial charge in [0.1, 0.15) is 0 Å². The third-order valence-corrected chi connectivity index (χ3v) is 4.66. The quantitative estimate of drug-likeness (QED) is 0.536. The number of benzene rings is 2. The van der Waals surface area contributed by atoms with E-state index in [1.165, 1.54) is 4.57 Å². The van der Waals surface area contributed by atoms with Crippen molar-refractivity contribution in [2.45, 2.75) is 20.4 Å². The van der Waals surface area contributed by atoms with Gasteiger partial charge in [-0.15, -0.1) is 0 Å². The minimum absolute atomic E-state index is 0.334. The Morgan fingerprint density at radius 2 is 1.81 bits per heavy atom. The first-order valence-corrected chi connectivity index (χ1v) is 8.85. The van der Waals surface area contributed by atoms with E-state index in [0.717, 1.165) is 22.6 Å². The second kappa shape index (κ2) is 6.89. The summed E-state index contributed by atoms with van der Waals surface area (Å²) in [7, 11) is 0. The van der Waals surface area contributed by atoms with Crippen LogP contribution in [0.5, 0.6) is 0 Å². The van der Waals surface area contributed by atoms with Crippen molar-refractivity contribution in [3.8, 4) is 17.1 Å². The van der Waals surface area contributed by atoms with Gasteiger partial charge < -0.3 is 0 Å². The van der Waals surface area contributed by atoms with Gasteiger partial charge in [0.25, 0.3) is 0 Å². The Bertz CT molecular complexity index is 1160. The molecule has 2 heterocycles. The molecule has 6 nitrogen and oxygen atoms in total. The van der Waals surface area contributed by atoms with Crippen LogP contribution in [-0.2, 0) is 6.54 Å². The van der Waals surface area contributed by atoms with E-state index >= 15 is 0 Å². The van der Waals surface area contributed by atoms with Crippen LogP contribution in [0.1, 0.15) is 17.0 Å². The first-order chi connectivity index (χ1) is 13.0. The van der Waals surface area contributed by atoms with Crippen LogP contribution in [0.15, 0.2) is 63.9 Å². The summed E-state index contributed by atoms with van der Waals surface area (Å²) >= 11 is 6.24. The van der Waals surface area contributed by atoms with Gasteiger partial charge in [-0.2, -0.15) is 5.10 Å². The summed E-state index contributed by atoms with van der Waals surface area (Å²) in [6, 6.07) is 17.1. The number of rotatable bonds is 4. The molecule has 0 aliphatic rings. The summed E-state index contributed by atoms with van der Waals surface area (Å²) < 4.78 is 8.23.